The first kappa shape index (κ1) is 19.1. The molecule has 0 spiro atoms. The average Bonchev–Trinajstić information content (AvgIpc) is 3.19. The lowest BCUT2D eigenvalue weighted by molar-refractivity contribution is -0.283. The lowest BCUT2D eigenvalue weighted by Crippen LogP contribution is -2.52. The zero-order valence-electron chi connectivity index (χ0n) is 14.9. The number of rotatable bonds is 4. The molecule has 0 aliphatic carbocycles. The molecule has 6 atom stereocenters. The number of phenolic OH excluding ortho intramolecular Hbond substituents is 2. The summed E-state index contributed by atoms with van der Waals surface area (Å²) in [5.41, 5.74) is 1.37. The Morgan fingerprint density at radius 3 is 1.82 bits per heavy atom. The predicted octanol–water partition coefficient (Wildman–Crippen LogP) is 1.35. The predicted molar refractivity (Wildman–Crippen MR) is 95.4 cm³/mol. The first-order valence-corrected chi connectivity index (χ1v) is 8.99. The van der Waals surface area contributed by atoms with Crippen LogP contribution in [-0.4, -0.2) is 58.1 Å². The summed E-state index contributed by atoms with van der Waals surface area (Å²) in [4.78, 5) is 0. The van der Waals surface area contributed by atoms with E-state index in [2.05, 4.69) is 0 Å². The third-order valence-electron chi connectivity index (χ3n) is 4.84. The fourth-order valence-corrected chi connectivity index (χ4v) is 3.28. The third-order valence-corrected chi connectivity index (χ3v) is 4.84. The van der Waals surface area contributed by atoms with Gasteiger partial charge in [0.2, 0.25) is 0 Å². The largest absolute Gasteiger partial charge is 0.508 e. The molecule has 2 aromatic carbocycles. The van der Waals surface area contributed by atoms with Crippen LogP contribution in [0.1, 0.15) is 23.7 Å². The summed E-state index contributed by atoms with van der Waals surface area (Å²) in [5, 5.41) is 39.8. The second-order valence-electron chi connectivity index (χ2n) is 6.85. The molecule has 4 rings (SSSR count). The van der Waals surface area contributed by atoms with E-state index in [1.807, 2.05) is 0 Å². The molecule has 0 aromatic heterocycles. The minimum atomic E-state index is -1.14. The van der Waals surface area contributed by atoms with Crippen LogP contribution in [0.4, 0.5) is 0 Å². The minimum Gasteiger partial charge on any atom is -0.508 e. The zero-order chi connectivity index (χ0) is 19.7. The summed E-state index contributed by atoms with van der Waals surface area (Å²) in [6, 6.07) is 12.7. The first-order valence-electron chi connectivity index (χ1n) is 8.99. The normalized spacial score (nSPS) is 31.6. The van der Waals surface area contributed by atoms with Crippen molar-refractivity contribution < 1.29 is 39.4 Å². The van der Waals surface area contributed by atoms with Crippen LogP contribution in [0.25, 0.3) is 0 Å². The van der Waals surface area contributed by atoms with E-state index in [1.54, 1.807) is 24.3 Å². The monoisotopic (exact) mass is 390 g/mol. The molecular formula is C20H22O8. The smallest absolute Gasteiger partial charge is 0.184 e. The van der Waals surface area contributed by atoms with Crippen molar-refractivity contribution in [1.29, 1.82) is 0 Å². The van der Waals surface area contributed by atoms with Gasteiger partial charge in [-0.25, -0.2) is 0 Å². The zero-order valence-corrected chi connectivity index (χ0v) is 14.9. The molecule has 2 aliphatic heterocycles. The molecular weight excluding hydrogens is 368 g/mol. The van der Waals surface area contributed by atoms with Crippen LogP contribution in [0.15, 0.2) is 48.5 Å². The number of phenols is 2. The van der Waals surface area contributed by atoms with Crippen LogP contribution in [-0.2, 0) is 18.9 Å². The van der Waals surface area contributed by atoms with Crippen molar-refractivity contribution in [2.75, 3.05) is 13.2 Å². The van der Waals surface area contributed by atoms with Gasteiger partial charge in [0.1, 0.15) is 35.9 Å². The second-order valence-corrected chi connectivity index (χ2v) is 6.85. The van der Waals surface area contributed by atoms with Crippen molar-refractivity contribution in [2.45, 2.75) is 37.0 Å². The van der Waals surface area contributed by atoms with E-state index in [0.29, 0.717) is 11.1 Å². The quantitative estimate of drug-likeness (QED) is 0.618. The number of ether oxygens (including phenoxy) is 4. The van der Waals surface area contributed by atoms with Gasteiger partial charge in [-0.3, -0.25) is 0 Å². The van der Waals surface area contributed by atoms with E-state index in [1.165, 1.54) is 24.3 Å². The average molecular weight is 390 g/mol. The molecule has 0 saturated carbocycles. The number of aromatic hydroxyl groups is 2. The topological polar surface area (TPSA) is 118 Å². The fourth-order valence-electron chi connectivity index (χ4n) is 3.28. The van der Waals surface area contributed by atoms with Crippen LogP contribution >= 0.6 is 0 Å². The van der Waals surface area contributed by atoms with Gasteiger partial charge >= 0.3 is 0 Å². The maximum absolute atomic E-state index is 10.7. The van der Waals surface area contributed by atoms with Crippen molar-refractivity contribution in [3.63, 3.8) is 0 Å². The minimum absolute atomic E-state index is 0.0117. The summed E-state index contributed by atoms with van der Waals surface area (Å²) in [6.45, 7) is 0.117. The van der Waals surface area contributed by atoms with Gasteiger partial charge in [-0.05, 0) is 24.3 Å². The summed E-state index contributed by atoms with van der Waals surface area (Å²) in [7, 11) is 0. The maximum Gasteiger partial charge on any atom is 0.184 e. The van der Waals surface area contributed by atoms with Gasteiger partial charge in [-0.2, -0.15) is 0 Å². The molecule has 0 radical (unpaired) electrons. The van der Waals surface area contributed by atoms with Gasteiger partial charge in [0.15, 0.2) is 12.6 Å². The van der Waals surface area contributed by atoms with Crippen LogP contribution in [0.2, 0.25) is 0 Å². The van der Waals surface area contributed by atoms with Gasteiger partial charge in [-0.1, -0.05) is 24.3 Å². The van der Waals surface area contributed by atoms with E-state index in [9.17, 15) is 20.4 Å². The van der Waals surface area contributed by atoms with Crippen molar-refractivity contribution in [1.82, 2.24) is 0 Å². The Labute approximate surface area is 161 Å². The molecule has 2 saturated heterocycles. The van der Waals surface area contributed by atoms with Crippen molar-refractivity contribution in [3.05, 3.63) is 59.7 Å². The fraction of sp³-hybridized carbons (Fsp3) is 0.400. The summed E-state index contributed by atoms with van der Waals surface area (Å²) in [6.07, 6.45) is -5.25. The Kier molecular flexibility index (Phi) is 5.49. The van der Waals surface area contributed by atoms with E-state index >= 15 is 0 Å². The highest BCUT2D eigenvalue weighted by Gasteiger charge is 2.43. The highest BCUT2D eigenvalue weighted by Crippen LogP contribution is 2.34. The first-order chi connectivity index (χ1) is 13.5. The molecule has 2 heterocycles. The van der Waals surface area contributed by atoms with Gasteiger partial charge in [-0.15, -0.1) is 0 Å². The molecule has 28 heavy (non-hydrogen) atoms. The molecule has 2 aliphatic rings. The molecule has 2 aromatic rings. The molecule has 2 unspecified atom stereocenters. The van der Waals surface area contributed by atoms with Gasteiger partial charge in [0.05, 0.1) is 13.2 Å². The van der Waals surface area contributed by atoms with E-state index in [-0.39, 0.29) is 24.7 Å². The Balaban J connectivity index is 1.42. The summed E-state index contributed by atoms with van der Waals surface area (Å²) >= 11 is 0. The number of aliphatic hydroxyl groups excluding tert-OH is 2. The highest BCUT2D eigenvalue weighted by atomic mass is 16.7. The summed E-state index contributed by atoms with van der Waals surface area (Å²) < 4.78 is 22.7. The molecule has 4 N–H and O–H groups in total. The number of hydrogen-bond acceptors (Lipinski definition) is 8. The standard InChI is InChI=1S/C20H22O8/c21-13-5-1-11(2-6-13)19-26-10-16(27-19)17(24)18-15(23)9-25-20(28-18)12-3-7-14(22)8-4-12/h1-8,15-24H,9-10H2/t15-,16+,17-,18-,19?,20?/m0/s1. The van der Waals surface area contributed by atoms with Crippen LogP contribution in [0.3, 0.4) is 0 Å². The lowest BCUT2D eigenvalue weighted by atomic mass is 10.0. The van der Waals surface area contributed by atoms with Gasteiger partial charge in [0, 0.05) is 11.1 Å². The van der Waals surface area contributed by atoms with E-state index in [0.717, 1.165) is 0 Å². The molecule has 8 heteroatoms. The second kappa shape index (κ2) is 8.04. The van der Waals surface area contributed by atoms with Crippen LogP contribution < -0.4 is 0 Å². The highest BCUT2D eigenvalue weighted by molar-refractivity contribution is 5.27. The number of hydrogen-bond donors (Lipinski definition) is 4. The number of aliphatic hydroxyl groups is 2. The van der Waals surface area contributed by atoms with E-state index < -0.39 is 37.0 Å². The van der Waals surface area contributed by atoms with Crippen molar-refractivity contribution in [3.8, 4) is 11.5 Å². The summed E-state index contributed by atoms with van der Waals surface area (Å²) in [5.74, 6) is 0.255. The van der Waals surface area contributed by atoms with Gasteiger partial charge in [0.25, 0.3) is 0 Å². The number of benzene rings is 2. The SMILES string of the molecule is Oc1ccc(C2OC[C@H](O)[C@@H]([C@@H](O)[C@H]3COC(c4ccc(O)cc4)O3)O2)cc1. The Bertz CT molecular complexity index is 778. The molecule has 150 valence electrons. The van der Waals surface area contributed by atoms with Crippen LogP contribution in [0.5, 0.6) is 11.5 Å². The maximum atomic E-state index is 10.7. The van der Waals surface area contributed by atoms with Crippen molar-refractivity contribution >= 4 is 0 Å². The molecule has 0 amide bonds. The molecule has 8 nitrogen and oxygen atoms in total. The Morgan fingerprint density at radius 1 is 0.750 bits per heavy atom. The van der Waals surface area contributed by atoms with E-state index in [4.69, 9.17) is 18.9 Å². The van der Waals surface area contributed by atoms with Gasteiger partial charge < -0.3 is 39.4 Å². The lowest BCUT2D eigenvalue weighted by Gasteiger charge is -2.37. The Hall–Kier alpha value is -2.20. The third kappa shape index (κ3) is 3.97. The van der Waals surface area contributed by atoms with Crippen LogP contribution in [0, 0.1) is 0 Å². The van der Waals surface area contributed by atoms with Crippen molar-refractivity contribution in [2.24, 2.45) is 0 Å². The molecule has 0 bridgehead atoms. The Morgan fingerprint density at radius 2 is 1.25 bits per heavy atom. The molecule has 2 fully saturated rings.